The van der Waals surface area contributed by atoms with Crippen LogP contribution in [-0.2, 0) is 14.2 Å². The summed E-state index contributed by atoms with van der Waals surface area (Å²) in [5.74, 6) is 0. The SMILES string of the molecule is OC1[C@H](O[C@@H]2CO[C@@H](O)C(O)[C@@H]2O)OC[C@@H](O)[C@H]1O. The van der Waals surface area contributed by atoms with Gasteiger partial charge in [0.25, 0.3) is 0 Å². The van der Waals surface area contributed by atoms with E-state index in [9.17, 15) is 25.5 Å². The number of hydrogen-bond acceptors (Lipinski definition) is 9. The molecule has 0 saturated carbocycles. The molecular weight excluding hydrogens is 264 g/mol. The van der Waals surface area contributed by atoms with Crippen molar-refractivity contribution in [1.82, 2.24) is 0 Å². The van der Waals surface area contributed by atoms with Crippen molar-refractivity contribution in [2.24, 2.45) is 0 Å². The van der Waals surface area contributed by atoms with E-state index < -0.39 is 49.2 Å². The Hall–Kier alpha value is -0.360. The fourth-order valence-electron chi connectivity index (χ4n) is 1.97. The summed E-state index contributed by atoms with van der Waals surface area (Å²) in [5, 5.41) is 56.6. The molecule has 2 rings (SSSR count). The lowest BCUT2D eigenvalue weighted by molar-refractivity contribution is -0.323. The lowest BCUT2D eigenvalue weighted by Crippen LogP contribution is -2.59. The molecular formula is C10H18O9. The highest BCUT2D eigenvalue weighted by Gasteiger charge is 2.44. The van der Waals surface area contributed by atoms with Gasteiger partial charge >= 0.3 is 0 Å². The first-order chi connectivity index (χ1) is 8.91. The van der Waals surface area contributed by atoms with Crippen molar-refractivity contribution in [2.75, 3.05) is 13.2 Å². The molecule has 0 aromatic rings. The lowest BCUT2D eigenvalue weighted by Gasteiger charge is -2.40. The fraction of sp³-hybridized carbons (Fsp3) is 1.00. The lowest BCUT2D eigenvalue weighted by atomic mass is 10.0. The number of aliphatic hydroxyl groups is 6. The summed E-state index contributed by atoms with van der Waals surface area (Å²) < 4.78 is 15.0. The molecule has 2 aliphatic heterocycles. The van der Waals surface area contributed by atoms with Crippen LogP contribution in [0.5, 0.6) is 0 Å². The molecule has 6 N–H and O–H groups in total. The number of hydrogen-bond donors (Lipinski definition) is 6. The highest BCUT2D eigenvalue weighted by atomic mass is 16.7. The highest BCUT2D eigenvalue weighted by molar-refractivity contribution is 4.87. The van der Waals surface area contributed by atoms with Gasteiger partial charge in [-0.15, -0.1) is 0 Å². The van der Waals surface area contributed by atoms with E-state index in [2.05, 4.69) is 0 Å². The molecule has 2 unspecified atom stereocenters. The fourth-order valence-corrected chi connectivity index (χ4v) is 1.97. The zero-order valence-electron chi connectivity index (χ0n) is 9.94. The van der Waals surface area contributed by atoms with E-state index in [0.29, 0.717) is 0 Å². The maximum Gasteiger partial charge on any atom is 0.186 e. The van der Waals surface area contributed by atoms with Gasteiger partial charge in [-0.25, -0.2) is 0 Å². The smallest absolute Gasteiger partial charge is 0.186 e. The third-order valence-electron chi connectivity index (χ3n) is 3.22. The van der Waals surface area contributed by atoms with Crippen molar-refractivity contribution in [3.8, 4) is 0 Å². The molecule has 0 spiro atoms. The summed E-state index contributed by atoms with van der Waals surface area (Å²) in [4.78, 5) is 0. The van der Waals surface area contributed by atoms with Gasteiger partial charge in [0, 0.05) is 0 Å². The van der Waals surface area contributed by atoms with E-state index in [0.717, 1.165) is 0 Å². The minimum absolute atomic E-state index is 0.218. The number of ether oxygens (including phenoxy) is 3. The first-order valence-corrected chi connectivity index (χ1v) is 5.89. The Balaban J connectivity index is 1.94. The average Bonchev–Trinajstić information content (AvgIpc) is 2.39. The maximum atomic E-state index is 9.68. The molecule has 2 fully saturated rings. The van der Waals surface area contributed by atoms with Crippen LogP contribution in [0.4, 0.5) is 0 Å². The molecule has 2 aliphatic rings. The second-order valence-electron chi connectivity index (χ2n) is 4.63. The zero-order valence-corrected chi connectivity index (χ0v) is 9.94. The molecule has 9 nitrogen and oxygen atoms in total. The minimum atomic E-state index is -1.55. The Morgan fingerprint density at radius 2 is 1.42 bits per heavy atom. The van der Waals surface area contributed by atoms with Crippen molar-refractivity contribution in [3.05, 3.63) is 0 Å². The van der Waals surface area contributed by atoms with Crippen molar-refractivity contribution < 1.29 is 44.8 Å². The van der Waals surface area contributed by atoms with Crippen LogP contribution in [0.1, 0.15) is 0 Å². The first-order valence-electron chi connectivity index (χ1n) is 5.89. The normalized spacial score (nSPS) is 52.1. The molecule has 0 aromatic heterocycles. The third-order valence-corrected chi connectivity index (χ3v) is 3.22. The van der Waals surface area contributed by atoms with Gasteiger partial charge < -0.3 is 44.8 Å². The molecule has 8 atom stereocenters. The van der Waals surface area contributed by atoms with Crippen LogP contribution >= 0.6 is 0 Å². The Kier molecular flexibility index (Phi) is 4.71. The first kappa shape index (κ1) is 15.0. The van der Waals surface area contributed by atoms with Crippen LogP contribution in [0, 0.1) is 0 Å². The van der Waals surface area contributed by atoms with Crippen LogP contribution in [0.2, 0.25) is 0 Å². The van der Waals surface area contributed by atoms with Gasteiger partial charge in [-0.1, -0.05) is 0 Å². The quantitative estimate of drug-likeness (QED) is 0.297. The molecule has 2 heterocycles. The van der Waals surface area contributed by atoms with E-state index in [1.54, 1.807) is 0 Å². The molecule has 0 amide bonds. The second-order valence-corrected chi connectivity index (χ2v) is 4.63. The average molecular weight is 282 g/mol. The van der Waals surface area contributed by atoms with Crippen LogP contribution in [0.25, 0.3) is 0 Å². The summed E-state index contributed by atoms with van der Waals surface area (Å²) in [7, 11) is 0. The standard InChI is InChI=1S/C10H18O9/c11-3-1-18-10(8(15)5(3)12)19-4-2-17-9(16)7(14)6(4)13/h3-16H,1-2H2/t3-,4-,5-,6-,7?,8?,9-,10+/m1/s1. The molecule has 0 aliphatic carbocycles. The highest BCUT2D eigenvalue weighted by Crippen LogP contribution is 2.22. The maximum absolute atomic E-state index is 9.68. The van der Waals surface area contributed by atoms with Crippen molar-refractivity contribution in [3.63, 3.8) is 0 Å². The Morgan fingerprint density at radius 1 is 0.737 bits per heavy atom. The van der Waals surface area contributed by atoms with E-state index in [4.69, 9.17) is 19.3 Å². The zero-order chi connectivity index (χ0) is 14.2. The Morgan fingerprint density at radius 3 is 2.11 bits per heavy atom. The van der Waals surface area contributed by atoms with Gasteiger partial charge in [-0.05, 0) is 0 Å². The molecule has 19 heavy (non-hydrogen) atoms. The number of aliphatic hydroxyl groups excluding tert-OH is 6. The summed E-state index contributed by atoms with van der Waals surface area (Å²) in [6.07, 6.45) is -11.0. The number of rotatable bonds is 2. The second kappa shape index (κ2) is 5.95. The van der Waals surface area contributed by atoms with Crippen LogP contribution < -0.4 is 0 Å². The van der Waals surface area contributed by atoms with Gasteiger partial charge in [-0.2, -0.15) is 0 Å². The van der Waals surface area contributed by atoms with Gasteiger partial charge in [-0.3, -0.25) is 0 Å². The third kappa shape index (κ3) is 3.05. The molecule has 112 valence electrons. The van der Waals surface area contributed by atoms with E-state index in [1.165, 1.54) is 0 Å². The van der Waals surface area contributed by atoms with Gasteiger partial charge in [0.15, 0.2) is 12.6 Å². The van der Waals surface area contributed by atoms with Crippen LogP contribution in [0.15, 0.2) is 0 Å². The van der Waals surface area contributed by atoms with Gasteiger partial charge in [0.2, 0.25) is 0 Å². The Bertz CT molecular complexity index is 273. The largest absolute Gasteiger partial charge is 0.388 e. The molecule has 0 bridgehead atoms. The van der Waals surface area contributed by atoms with Crippen LogP contribution in [-0.4, -0.2) is 93.1 Å². The van der Waals surface area contributed by atoms with E-state index in [1.807, 2.05) is 0 Å². The van der Waals surface area contributed by atoms with Gasteiger partial charge in [0.1, 0.15) is 36.6 Å². The van der Waals surface area contributed by atoms with E-state index >= 15 is 0 Å². The summed E-state index contributed by atoms with van der Waals surface area (Å²) in [6.45, 7) is -0.456. The monoisotopic (exact) mass is 282 g/mol. The van der Waals surface area contributed by atoms with Crippen molar-refractivity contribution in [2.45, 2.75) is 49.2 Å². The van der Waals surface area contributed by atoms with Crippen molar-refractivity contribution >= 4 is 0 Å². The van der Waals surface area contributed by atoms with E-state index in [-0.39, 0.29) is 13.2 Å². The summed E-state index contributed by atoms with van der Waals surface area (Å²) >= 11 is 0. The van der Waals surface area contributed by atoms with Gasteiger partial charge in [0.05, 0.1) is 13.2 Å². The summed E-state index contributed by atoms with van der Waals surface area (Å²) in [5.41, 5.74) is 0. The molecule has 9 heteroatoms. The predicted molar refractivity (Wildman–Crippen MR) is 56.6 cm³/mol. The molecule has 0 aromatic carbocycles. The van der Waals surface area contributed by atoms with Crippen LogP contribution in [0.3, 0.4) is 0 Å². The topological polar surface area (TPSA) is 149 Å². The van der Waals surface area contributed by atoms with Crippen molar-refractivity contribution in [1.29, 1.82) is 0 Å². The Labute approximate surface area is 108 Å². The minimum Gasteiger partial charge on any atom is -0.388 e. The predicted octanol–water partition coefficient (Wildman–Crippen LogP) is -4.12. The molecule has 0 radical (unpaired) electrons. The summed E-state index contributed by atoms with van der Waals surface area (Å²) in [6, 6.07) is 0. The molecule has 2 saturated heterocycles.